The molecular formula is C25H31BrN2O5S. The van der Waals surface area contributed by atoms with Gasteiger partial charge in [0.25, 0.3) is 5.91 Å². The highest BCUT2D eigenvalue weighted by atomic mass is 79.9. The molecule has 3 aliphatic rings. The summed E-state index contributed by atoms with van der Waals surface area (Å²) in [5.74, 6) is -3.00. The number of thioether (sulfide) groups is 1. The van der Waals surface area contributed by atoms with Crippen LogP contribution in [0.5, 0.6) is 0 Å². The Balaban J connectivity index is 1.82. The lowest BCUT2D eigenvalue weighted by molar-refractivity contribution is -0.148. The summed E-state index contributed by atoms with van der Waals surface area (Å²) < 4.78 is -0.800. The molecule has 2 amide bonds. The van der Waals surface area contributed by atoms with E-state index in [0.717, 1.165) is 16.8 Å². The van der Waals surface area contributed by atoms with Gasteiger partial charge in [-0.05, 0) is 44.2 Å². The number of carboxylic acid groups (broad SMARTS) is 1. The van der Waals surface area contributed by atoms with Gasteiger partial charge < -0.3 is 20.0 Å². The van der Waals surface area contributed by atoms with E-state index in [-0.39, 0.29) is 35.0 Å². The van der Waals surface area contributed by atoms with E-state index in [1.807, 2.05) is 32.0 Å². The van der Waals surface area contributed by atoms with Crippen LogP contribution in [0.1, 0.15) is 30.4 Å². The molecule has 9 heteroatoms. The van der Waals surface area contributed by atoms with Crippen molar-refractivity contribution in [3.63, 3.8) is 0 Å². The molecule has 0 aliphatic carbocycles. The summed E-state index contributed by atoms with van der Waals surface area (Å²) in [7, 11) is 0. The molecule has 2 N–H and O–H groups in total. The van der Waals surface area contributed by atoms with Gasteiger partial charge in [-0.2, -0.15) is 0 Å². The predicted octanol–water partition coefficient (Wildman–Crippen LogP) is 3.14. The summed E-state index contributed by atoms with van der Waals surface area (Å²) in [6.45, 7) is 8.36. The Morgan fingerprint density at radius 1 is 1.32 bits per heavy atom. The van der Waals surface area contributed by atoms with Crippen LogP contribution in [0.4, 0.5) is 5.69 Å². The average Bonchev–Trinajstić information content (AvgIpc) is 3.36. The number of carboxylic acids is 1. The molecule has 0 aromatic heterocycles. The number of aliphatic hydroxyl groups is 1. The molecule has 0 saturated carbocycles. The highest BCUT2D eigenvalue weighted by molar-refractivity contribution is 9.09. The van der Waals surface area contributed by atoms with Gasteiger partial charge in [-0.15, -0.1) is 18.3 Å². The topological polar surface area (TPSA) is 98.2 Å². The van der Waals surface area contributed by atoms with Crippen molar-refractivity contribution >= 4 is 51.2 Å². The lowest BCUT2D eigenvalue weighted by atomic mass is 9.71. The molecule has 3 fully saturated rings. The first kappa shape index (κ1) is 25.3. The van der Waals surface area contributed by atoms with Gasteiger partial charge in [-0.1, -0.05) is 40.2 Å². The number of unbranched alkanes of at least 4 members (excludes halogenated alkanes) is 1. The minimum atomic E-state index is -0.983. The first-order chi connectivity index (χ1) is 16.2. The number of alkyl halides is 1. The van der Waals surface area contributed by atoms with E-state index in [1.54, 1.807) is 15.9 Å². The molecule has 3 heterocycles. The van der Waals surface area contributed by atoms with Gasteiger partial charge in [-0.25, -0.2) is 0 Å². The zero-order valence-electron chi connectivity index (χ0n) is 19.4. The van der Waals surface area contributed by atoms with E-state index in [1.165, 1.54) is 11.8 Å². The molecule has 184 valence electrons. The largest absolute Gasteiger partial charge is 0.481 e. The minimum absolute atomic E-state index is 0.00173. The van der Waals surface area contributed by atoms with Crippen LogP contribution >= 0.6 is 27.7 Å². The number of para-hydroxylation sites is 1. The van der Waals surface area contributed by atoms with E-state index >= 15 is 0 Å². The maximum Gasteiger partial charge on any atom is 0.308 e. The summed E-state index contributed by atoms with van der Waals surface area (Å²) >= 11 is 5.17. The fourth-order valence-electron chi connectivity index (χ4n) is 6.13. The number of hydrogen-bond donors (Lipinski definition) is 2. The van der Waals surface area contributed by atoms with Crippen molar-refractivity contribution in [2.24, 2.45) is 11.8 Å². The Morgan fingerprint density at radius 3 is 2.59 bits per heavy atom. The molecule has 6 atom stereocenters. The average molecular weight is 552 g/mol. The summed E-state index contributed by atoms with van der Waals surface area (Å²) in [5, 5.41) is 19.1. The number of carbonyl (C=O) groups is 3. The van der Waals surface area contributed by atoms with Gasteiger partial charge in [-0.3, -0.25) is 14.4 Å². The lowest BCUT2D eigenvalue weighted by Crippen LogP contribution is -2.55. The van der Waals surface area contributed by atoms with Gasteiger partial charge in [0.2, 0.25) is 5.91 Å². The Kier molecular flexibility index (Phi) is 7.18. The van der Waals surface area contributed by atoms with Gasteiger partial charge in [0.1, 0.15) is 6.04 Å². The van der Waals surface area contributed by atoms with Crippen LogP contribution in [0, 0.1) is 25.7 Å². The zero-order valence-corrected chi connectivity index (χ0v) is 21.8. The van der Waals surface area contributed by atoms with E-state index in [9.17, 15) is 24.6 Å². The van der Waals surface area contributed by atoms with Gasteiger partial charge in [0, 0.05) is 35.5 Å². The number of aliphatic hydroxyl groups excluding tert-OH is 1. The van der Waals surface area contributed by atoms with Gasteiger partial charge in [0.05, 0.1) is 16.6 Å². The molecule has 3 aliphatic heterocycles. The highest BCUT2D eigenvalue weighted by Gasteiger charge is 2.76. The number of aryl methyl sites for hydroxylation is 2. The smallest absolute Gasteiger partial charge is 0.308 e. The summed E-state index contributed by atoms with van der Waals surface area (Å²) in [6, 6.07) is 5.08. The molecule has 4 rings (SSSR count). The van der Waals surface area contributed by atoms with Crippen LogP contribution in [0.15, 0.2) is 30.9 Å². The van der Waals surface area contributed by atoms with E-state index in [0.29, 0.717) is 25.8 Å². The Bertz CT molecular complexity index is 999. The number of carbonyl (C=O) groups excluding carboxylic acids is 2. The third kappa shape index (κ3) is 3.80. The van der Waals surface area contributed by atoms with Crippen molar-refractivity contribution in [2.75, 3.05) is 24.6 Å². The van der Waals surface area contributed by atoms with Crippen LogP contribution in [0.25, 0.3) is 0 Å². The van der Waals surface area contributed by atoms with Crippen LogP contribution in [0.3, 0.4) is 0 Å². The minimum Gasteiger partial charge on any atom is -0.481 e. The van der Waals surface area contributed by atoms with E-state index in [2.05, 4.69) is 22.5 Å². The molecule has 0 radical (unpaired) electrons. The number of amides is 2. The molecule has 1 aromatic carbocycles. The van der Waals surface area contributed by atoms with Gasteiger partial charge in [0.15, 0.2) is 0 Å². The Labute approximate surface area is 212 Å². The van der Waals surface area contributed by atoms with E-state index < -0.39 is 28.6 Å². The molecular weight excluding hydrogens is 520 g/mol. The molecule has 3 saturated heterocycles. The second-order valence-electron chi connectivity index (χ2n) is 9.44. The molecule has 2 bridgehead atoms. The van der Waals surface area contributed by atoms with Gasteiger partial charge >= 0.3 is 5.97 Å². The number of halogens is 1. The third-order valence-corrected chi connectivity index (χ3v) is 10.6. The third-order valence-electron chi connectivity index (χ3n) is 7.40. The maximum atomic E-state index is 14.4. The quantitative estimate of drug-likeness (QED) is 0.278. The van der Waals surface area contributed by atoms with Crippen molar-refractivity contribution in [3.05, 3.63) is 42.0 Å². The fraction of sp³-hybridized carbons (Fsp3) is 0.560. The molecule has 1 aromatic rings. The van der Waals surface area contributed by atoms with Crippen molar-refractivity contribution in [2.45, 2.75) is 54.0 Å². The molecule has 34 heavy (non-hydrogen) atoms. The number of aliphatic carboxylic acids is 1. The van der Waals surface area contributed by atoms with Crippen LogP contribution in [-0.2, 0) is 14.4 Å². The first-order valence-electron chi connectivity index (χ1n) is 11.6. The van der Waals surface area contributed by atoms with Crippen LogP contribution in [0.2, 0.25) is 0 Å². The second-order valence-corrected chi connectivity index (χ2v) is 12.2. The Hall–Kier alpha value is -1.84. The lowest BCUT2D eigenvalue weighted by Gasteiger charge is -2.38. The molecule has 7 nitrogen and oxygen atoms in total. The standard InChI is InChI=1S/C25H31BrN2O5S/c1-4-10-27(19-14(2)8-7-9-15(19)3)23(31)21-25-13-16(26)20(34-25)17(24(32)33)18(25)22(30)28(21)11-5-6-12-29/h4,7-9,16-18,20-21,29H,1,5-6,10-13H2,2-3H3,(H,32,33)/t16?,17-,18-,20-,21?,25?/m0/s1. The first-order valence-corrected chi connectivity index (χ1v) is 13.4. The molecule has 3 unspecified atom stereocenters. The number of likely N-dealkylation sites (tertiary alicyclic amines) is 1. The van der Waals surface area contributed by atoms with E-state index in [4.69, 9.17) is 0 Å². The van der Waals surface area contributed by atoms with Crippen LogP contribution in [-0.4, -0.2) is 73.5 Å². The molecule has 1 spiro atoms. The van der Waals surface area contributed by atoms with Crippen LogP contribution < -0.4 is 4.90 Å². The van der Waals surface area contributed by atoms with Crippen molar-refractivity contribution < 1.29 is 24.6 Å². The predicted molar refractivity (Wildman–Crippen MR) is 136 cm³/mol. The number of rotatable bonds is 9. The highest BCUT2D eigenvalue weighted by Crippen LogP contribution is 2.67. The van der Waals surface area contributed by atoms with Crippen molar-refractivity contribution in [3.8, 4) is 0 Å². The SMILES string of the molecule is C=CCN(C(=O)C1N(CCCCO)C(=O)[C@@H]2[C@H](C(=O)O)[C@H]3SC12CC3Br)c1c(C)cccc1C. The summed E-state index contributed by atoms with van der Waals surface area (Å²) in [6.07, 6.45) is 3.29. The number of nitrogens with zero attached hydrogens (tertiary/aromatic N) is 2. The second kappa shape index (κ2) is 9.66. The fourth-order valence-corrected chi connectivity index (χ4v) is 9.73. The zero-order chi connectivity index (χ0) is 24.8. The Morgan fingerprint density at radius 2 is 2.00 bits per heavy atom. The summed E-state index contributed by atoms with van der Waals surface area (Å²) in [4.78, 5) is 43.6. The number of anilines is 1. The normalized spacial score (nSPS) is 31.6. The van der Waals surface area contributed by atoms with Crippen molar-refractivity contribution in [1.82, 2.24) is 4.90 Å². The number of hydrogen-bond acceptors (Lipinski definition) is 5. The number of fused-ring (bicyclic) bond motifs is 1. The maximum absolute atomic E-state index is 14.4. The monoisotopic (exact) mass is 550 g/mol. The summed E-state index contributed by atoms with van der Waals surface area (Å²) in [5.41, 5.74) is 2.70. The number of benzene rings is 1. The van der Waals surface area contributed by atoms with Crippen molar-refractivity contribution in [1.29, 1.82) is 0 Å².